The van der Waals surface area contributed by atoms with Crippen LogP contribution in [0.15, 0.2) is 30.5 Å². The number of hydrogen-bond acceptors (Lipinski definition) is 6. The van der Waals surface area contributed by atoms with Crippen LogP contribution in [0.4, 0.5) is 23.8 Å². The first kappa shape index (κ1) is 26.4. The van der Waals surface area contributed by atoms with Crippen molar-refractivity contribution in [3.8, 4) is 0 Å². The molecule has 0 spiro atoms. The summed E-state index contributed by atoms with van der Waals surface area (Å²) in [5, 5.41) is 6.82. The number of carbonyl (C=O) groups is 1. The molecule has 2 aromatic heterocycles. The summed E-state index contributed by atoms with van der Waals surface area (Å²) in [6.07, 6.45) is -0.209. The van der Waals surface area contributed by atoms with Crippen LogP contribution >= 0.6 is 7.14 Å². The smallest absolute Gasteiger partial charge is 0.363 e. The maximum atomic E-state index is 13.9. The van der Waals surface area contributed by atoms with Gasteiger partial charge in [0.25, 0.3) is 0 Å². The summed E-state index contributed by atoms with van der Waals surface area (Å²) in [5.41, 5.74) is 0.980. The molecule has 2 N–H and O–H groups in total. The molecule has 0 bridgehead atoms. The van der Waals surface area contributed by atoms with E-state index in [2.05, 4.69) is 25.6 Å². The molecule has 1 atom stereocenters. The van der Waals surface area contributed by atoms with E-state index >= 15 is 0 Å². The third-order valence-corrected chi connectivity index (χ3v) is 10.2. The minimum absolute atomic E-state index is 0.112. The average molecular weight is 547 g/mol. The van der Waals surface area contributed by atoms with E-state index in [1.165, 1.54) is 13.0 Å². The number of amides is 2. The van der Waals surface area contributed by atoms with Crippen molar-refractivity contribution in [1.82, 2.24) is 25.2 Å². The van der Waals surface area contributed by atoms with E-state index in [0.717, 1.165) is 18.9 Å². The summed E-state index contributed by atoms with van der Waals surface area (Å²) in [7, 11) is -2.86. The van der Waals surface area contributed by atoms with Crippen LogP contribution in [-0.2, 0) is 10.7 Å². The van der Waals surface area contributed by atoms with Crippen molar-refractivity contribution in [1.29, 1.82) is 0 Å². The van der Waals surface area contributed by atoms with Crippen LogP contribution in [0.5, 0.6) is 0 Å². The molecule has 1 saturated carbocycles. The Labute approximate surface area is 218 Å². The third-order valence-electron chi connectivity index (χ3n) is 7.25. The van der Waals surface area contributed by atoms with Crippen LogP contribution < -0.4 is 16.1 Å². The average Bonchev–Trinajstić information content (AvgIpc) is 3.67. The molecule has 3 heterocycles. The standard InChI is InChI=1S/C26H30F3N6O2P/c1-15-19(5-4-6-21(15)26(27,28)29)16(2)31-24-20-13-23(30-14-22(20)32-17(3)33-24)38(37)11-9-35(10-12-38)25(36)34-18-7-8-18/h4-6,13-14,16,18H,7-12H2,1-3H3,(H,34,36)(H,31,32,33)/t16-/m1/s1. The number of rotatable bonds is 5. The molecule has 1 aromatic carbocycles. The molecule has 1 saturated heterocycles. The number of hydrogen-bond donors (Lipinski definition) is 2. The highest BCUT2D eigenvalue weighted by molar-refractivity contribution is 7.71. The number of urea groups is 1. The summed E-state index contributed by atoms with van der Waals surface area (Å²) >= 11 is 0. The lowest BCUT2D eigenvalue weighted by Crippen LogP contribution is -2.47. The number of benzene rings is 1. The molecule has 2 fully saturated rings. The van der Waals surface area contributed by atoms with E-state index in [-0.39, 0.29) is 17.6 Å². The lowest BCUT2D eigenvalue weighted by atomic mass is 9.97. The SMILES string of the molecule is Cc1nc(N[C@H](C)c2cccc(C(F)(F)F)c2C)c2cc(P3(=O)CCN(C(=O)NC4CC4)CC3)ncc2n1. The van der Waals surface area contributed by atoms with Crippen LogP contribution in [0.25, 0.3) is 10.9 Å². The van der Waals surface area contributed by atoms with Crippen LogP contribution in [-0.4, -0.2) is 57.3 Å². The number of carbonyl (C=O) groups excluding carboxylic acids is 1. The highest BCUT2D eigenvalue weighted by Gasteiger charge is 2.36. The largest absolute Gasteiger partial charge is 0.416 e. The van der Waals surface area contributed by atoms with Crippen molar-refractivity contribution in [3.05, 3.63) is 53.0 Å². The number of alkyl halides is 3. The molecule has 2 aliphatic rings. The van der Waals surface area contributed by atoms with Gasteiger partial charge in [0.2, 0.25) is 0 Å². The van der Waals surface area contributed by atoms with Gasteiger partial charge in [-0.15, -0.1) is 0 Å². The second kappa shape index (κ2) is 9.84. The van der Waals surface area contributed by atoms with Crippen molar-refractivity contribution in [2.45, 2.75) is 51.9 Å². The van der Waals surface area contributed by atoms with E-state index in [4.69, 9.17) is 0 Å². The Morgan fingerprint density at radius 2 is 1.87 bits per heavy atom. The number of anilines is 1. The number of fused-ring (bicyclic) bond motifs is 1. The molecule has 1 aliphatic carbocycles. The number of pyridine rings is 1. The molecule has 3 aromatic rings. The highest BCUT2D eigenvalue weighted by Crippen LogP contribution is 2.46. The normalized spacial score (nSPS) is 18.3. The molecule has 2 amide bonds. The summed E-state index contributed by atoms with van der Waals surface area (Å²) in [6, 6.07) is 5.52. The zero-order valence-corrected chi connectivity index (χ0v) is 22.4. The molecule has 0 unspecified atom stereocenters. The van der Waals surface area contributed by atoms with Gasteiger partial charge in [0.05, 0.1) is 23.3 Å². The number of halogens is 3. The van der Waals surface area contributed by atoms with Gasteiger partial charge in [-0.3, -0.25) is 4.98 Å². The fourth-order valence-electron chi connectivity index (χ4n) is 4.90. The van der Waals surface area contributed by atoms with Crippen molar-refractivity contribution in [3.63, 3.8) is 0 Å². The van der Waals surface area contributed by atoms with Gasteiger partial charge in [0.1, 0.15) is 24.2 Å². The first-order valence-electron chi connectivity index (χ1n) is 12.7. The maximum absolute atomic E-state index is 13.9. The Morgan fingerprint density at radius 1 is 1.16 bits per heavy atom. The first-order valence-corrected chi connectivity index (χ1v) is 14.7. The number of nitrogens with zero attached hydrogens (tertiary/aromatic N) is 4. The zero-order valence-electron chi connectivity index (χ0n) is 21.5. The van der Waals surface area contributed by atoms with Crippen LogP contribution in [0.3, 0.4) is 0 Å². The van der Waals surface area contributed by atoms with Crippen LogP contribution in [0, 0.1) is 13.8 Å². The topological polar surface area (TPSA) is 100 Å². The van der Waals surface area contributed by atoms with E-state index in [1.807, 2.05) is 0 Å². The molecular formula is C26H30F3N6O2P. The van der Waals surface area contributed by atoms with Crippen LogP contribution in [0.2, 0.25) is 0 Å². The molecule has 0 radical (unpaired) electrons. The monoisotopic (exact) mass is 546 g/mol. The van der Waals surface area contributed by atoms with E-state index in [0.29, 0.717) is 59.0 Å². The fraction of sp³-hybridized carbons (Fsp3) is 0.462. The number of aromatic nitrogens is 3. The van der Waals surface area contributed by atoms with Crippen molar-refractivity contribution in [2.75, 3.05) is 30.7 Å². The Kier molecular flexibility index (Phi) is 6.84. The van der Waals surface area contributed by atoms with Crippen molar-refractivity contribution >= 4 is 35.3 Å². The number of aryl methyl sites for hydroxylation is 1. The van der Waals surface area contributed by atoms with Crippen molar-refractivity contribution < 1.29 is 22.5 Å². The van der Waals surface area contributed by atoms with E-state index < -0.39 is 24.9 Å². The third kappa shape index (κ3) is 5.34. The lowest BCUT2D eigenvalue weighted by Gasteiger charge is -2.32. The molecule has 8 nitrogen and oxygen atoms in total. The molecule has 1 aliphatic heterocycles. The quantitative estimate of drug-likeness (QED) is 0.437. The van der Waals surface area contributed by atoms with E-state index in [1.54, 1.807) is 37.1 Å². The predicted octanol–water partition coefficient (Wildman–Crippen LogP) is 5.01. The number of nitrogens with one attached hydrogen (secondary N) is 2. The molecular weight excluding hydrogens is 516 g/mol. The van der Waals surface area contributed by atoms with Gasteiger partial charge in [-0.25, -0.2) is 14.8 Å². The second-order valence-electron chi connectivity index (χ2n) is 10.1. The Hall–Kier alpha value is -3.20. The molecule has 38 heavy (non-hydrogen) atoms. The molecule has 12 heteroatoms. The summed E-state index contributed by atoms with van der Waals surface area (Å²) in [6.45, 7) is 5.74. The maximum Gasteiger partial charge on any atom is 0.416 e. The van der Waals surface area contributed by atoms with Crippen LogP contribution in [0.1, 0.15) is 48.3 Å². The zero-order chi connectivity index (χ0) is 27.2. The minimum Gasteiger partial charge on any atom is -0.363 e. The predicted molar refractivity (Wildman–Crippen MR) is 140 cm³/mol. The highest BCUT2D eigenvalue weighted by atomic mass is 31.2. The first-order chi connectivity index (χ1) is 17.9. The van der Waals surface area contributed by atoms with E-state index in [9.17, 15) is 22.5 Å². The Bertz CT molecular complexity index is 1430. The Balaban J connectivity index is 1.41. The summed E-state index contributed by atoms with van der Waals surface area (Å²) < 4.78 is 54.3. The Morgan fingerprint density at radius 3 is 2.53 bits per heavy atom. The lowest BCUT2D eigenvalue weighted by molar-refractivity contribution is -0.138. The van der Waals surface area contributed by atoms with Gasteiger partial charge < -0.3 is 20.1 Å². The molecule has 202 valence electrons. The van der Waals surface area contributed by atoms with Gasteiger partial charge in [-0.05, 0) is 56.9 Å². The second-order valence-corrected chi connectivity index (χ2v) is 13.2. The fourth-order valence-corrected chi connectivity index (χ4v) is 7.34. The van der Waals surface area contributed by atoms with Gasteiger partial charge in [0, 0.05) is 36.8 Å². The summed E-state index contributed by atoms with van der Waals surface area (Å²) in [4.78, 5) is 27.5. The summed E-state index contributed by atoms with van der Waals surface area (Å²) in [5.74, 6) is 0.915. The van der Waals surface area contributed by atoms with Gasteiger partial charge in [-0.1, -0.05) is 12.1 Å². The minimum atomic E-state index is -4.45. The van der Waals surface area contributed by atoms with Gasteiger partial charge in [-0.2, -0.15) is 13.2 Å². The van der Waals surface area contributed by atoms with Crippen molar-refractivity contribution in [2.24, 2.45) is 0 Å². The van der Waals surface area contributed by atoms with Gasteiger partial charge >= 0.3 is 12.2 Å². The van der Waals surface area contributed by atoms with Gasteiger partial charge in [0.15, 0.2) is 0 Å². The molecule has 5 rings (SSSR count).